The Kier molecular flexibility index (Phi) is 4.71. The molecule has 0 saturated carbocycles. The summed E-state index contributed by atoms with van der Waals surface area (Å²) in [7, 11) is 0. The molecule has 0 bridgehead atoms. The average Bonchev–Trinajstić information content (AvgIpc) is 2.40. The fourth-order valence-corrected chi connectivity index (χ4v) is 2.57. The minimum Gasteiger partial charge on any atom is -0.293 e. The number of hydrogen-bond donors (Lipinski definition) is 0. The van der Waals surface area contributed by atoms with Crippen molar-refractivity contribution in [2.24, 2.45) is 0 Å². The van der Waals surface area contributed by atoms with Gasteiger partial charge in [0.05, 0.1) is 5.75 Å². The summed E-state index contributed by atoms with van der Waals surface area (Å²) in [4.78, 5) is 12.0. The predicted molar refractivity (Wildman–Crippen MR) is 75.6 cm³/mol. The van der Waals surface area contributed by atoms with Gasteiger partial charge in [0.15, 0.2) is 5.78 Å². The van der Waals surface area contributed by atoms with Gasteiger partial charge < -0.3 is 0 Å². The molecule has 5 heteroatoms. The van der Waals surface area contributed by atoms with Crippen LogP contribution in [0.1, 0.15) is 10.4 Å². The fourth-order valence-electron chi connectivity index (χ4n) is 1.45. The van der Waals surface area contributed by atoms with E-state index in [4.69, 9.17) is 0 Å². The fraction of sp³-hybridized carbons (Fsp3) is 0.0714. The first-order valence-corrected chi connectivity index (χ1v) is 7.21. The van der Waals surface area contributed by atoms with Crippen LogP contribution in [0.3, 0.4) is 0 Å². The predicted octanol–water partition coefficient (Wildman–Crippen LogP) is 4.70. The van der Waals surface area contributed by atoms with Crippen LogP contribution in [0, 0.1) is 11.6 Å². The highest BCUT2D eigenvalue weighted by atomic mass is 79.9. The van der Waals surface area contributed by atoms with Gasteiger partial charge in [-0.15, -0.1) is 11.8 Å². The van der Waals surface area contributed by atoms with E-state index in [2.05, 4.69) is 15.9 Å². The number of hydrogen-bond acceptors (Lipinski definition) is 2. The molecule has 0 spiro atoms. The lowest BCUT2D eigenvalue weighted by atomic mass is 10.2. The van der Waals surface area contributed by atoms with Gasteiger partial charge in [-0.3, -0.25) is 4.79 Å². The third-order valence-electron chi connectivity index (χ3n) is 2.42. The molecule has 0 saturated heterocycles. The molecule has 0 aliphatic rings. The van der Waals surface area contributed by atoms with E-state index in [0.29, 0.717) is 5.56 Å². The van der Waals surface area contributed by atoms with E-state index in [-0.39, 0.29) is 16.4 Å². The summed E-state index contributed by atoms with van der Waals surface area (Å²) in [5, 5.41) is 0. The van der Waals surface area contributed by atoms with Gasteiger partial charge in [-0.2, -0.15) is 0 Å². The summed E-state index contributed by atoms with van der Waals surface area (Å²) in [6.45, 7) is 0. The van der Waals surface area contributed by atoms with Gasteiger partial charge in [0.2, 0.25) is 0 Å². The summed E-state index contributed by atoms with van der Waals surface area (Å²) >= 11 is 4.27. The number of benzene rings is 2. The second kappa shape index (κ2) is 6.30. The molecule has 19 heavy (non-hydrogen) atoms. The molecule has 2 rings (SSSR count). The van der Waals surface area contributed by atoms with Gasteiger partial charge in [0.25, 0.3) is 0 Å². The monoisotopic (exact) mass is 342 g/mol. The zero-order valence-corrected chi connectivity index (χ0v) is 12.1. The van der Waals surface area contributed by atoms with Crippen molar-refractivity contribution in [1.29, 1.82) is 0 Å². The quantitative estimate of drug-likeness (QED) is 0.591. The maximum atomic E-state index is 13.4. The molecule has 0 unspecified atom stereocenters. The lowest BCUT2D eigenvalue weighted by Crippen LogP contribution is -2.02. The van der Waals surface area contributed by atoms with Crippen molar-refractivity contribution < 1.29 is 13.6 Å². The van der Waals surface area contributed by atoms with Crippen molar-refractivity contribution >= 4 is 33.5 Å². The Morgan fingerprint density at radius 1 is 1.11 bits per heavy atom. The molecule has 2 aromatic carbocycles. The Hall–Kier alpha value is -1.20. The van der Waals surface area contributed by atoms with E-state index >= 15 is 0 Å². The summed E-state index contributed by atoms with van der Waals surface area (Å²) in [6.07, 6.45) is 0. The molecule has 98 valence electrons. The molecule has 2 aromatic rings. The summed E-state index contributed by atoms with van der Waals surface area (Å²) in [6, 6.07) is 10.1. The first kappa shape index (κ1) is 14.2. The van der Waals surface area contributed by atoms with Crippen molar-refractivity contribution in [2.45, 2.75) is 4.90 Å². The Morgan fingerprint density at radius 3 is 2.47 bits per heavy atom. The lowest BCUT2D eigenvalue weighted by Gasteiger charge is -2.03. The van der Waals surface area contributed by atoms with Gasteiger partial charge in [-0.05, 0) is 30.3 Å². The first-order chi connectivity index (χ1) is 9.06. The van der Waals surface area contributed by atoms with E-state index in [1.54, 1.807) is 24.3 Å². The van der Waals surface area contributed by atoms with E-state index in [1.807, 2.05) is 0 Å². The van der Waals surface area contributed by atoms with Crippen LogP contribution in [-0.2, 0) is 0 Å². The summed E-state index contributed by atoms with van der Waals surface area (Å²) < 4.78 is 27.2. The Morgan fingerprint density at radius 2 is 1.79 bits per heavy atom. The van der Waals surface area contributed by atoms with Crippen molar-refractivity contribution in [3.05, 3.63) is 64.1 Å². The second-order valence-corrected chi connectivity index (χ2v) is 5.73. The molecule has 0 fully saturated rings. The van der Waals surface area contributed by atoms with E-state index < -0.39 is 11.6 Å². The zero-order chi connectivity index (χ0) is 13.8. The smallest absolute Gasteiger partial charge is 0.173 e. The Labute approximate surface area is 122 Å². The van der Waals surface area contributed by atoms with Crippen LogP contribution in [0.25, 0.3) is 0 Å². The van der Waals surface area contributed by atoms with Gasteiger partial charge in [-0.1, -0.05) is 28.1 Å². The molecule has 0 aliphatic carbocycles. The Bertz CT molecular complexity index is 599. The van der Waals surface area contributed by atoms with E-state index in [0.717, 1.165) is 34.4 Å². The number of ketones is 1. The highest BCUT2D eigenvalue weighted by molar-refractivity contribution is 9.10. The van der Waals surface area contributed by atoms with Crippen LogP contribution in [0.2, 0.25) is 0 Å². The number of rotatable bonds is 4. The van der Waals surface area contributed by atoms with Gasteiger partial charge in [0.1, 0.15) is 11.6 Å². The van der Waals surface area contributed by atoms with Crippen LogP contribution in [0.5, 0.6) is 0 Å². The minimum atomic E-state index is -0.519. The molecule has 0 amide bonds. The van der Waals surface area contributed by atoms with Crippen molar-refractivity contribution in [3.63, 3.8) is 0 Å². The molecule has 0 heterocycles. The molecule has 1 nitrogen and oxygen atoms in total. The first-order valence-electron chi connectivity index (χ1n) is 5.43. The topological polar surface area (TPSA) is 17.1 Å². The van der Waals surface area contributed by atoms with Crippen LogP contribution < -0.4 is 0 Å². The van der Waals surface area contributed by atoms with E-state index in [9.17, 15) is 13.6 Å². The molecule has 0 N–H and O–H groups in total. The summed E-state index contributed by atoms with van der Waals surface area (Å²) in [5.41, 5.74) is 0.549. The van der Waals surface area contributed by atoms with Crippen LogP contribution in [0.4, 0.5) is 8.78 Å². The lowest BCUT2D eigenvalue weighted by molar-refractivity contribution is 0.102. The standard InChI is InChI=1S/C14H9BrF2OS/c15-10-3-1-9(2-4-10)13(18)8-19-14-7-11(16)5-6-12(14)17/h1-7H,8H2. The molecule has 0 radical (unpaired) electrons. The van der Waals surface area contributed by atoms with Crippen LogP contribution in [0.15, 0.2) is 51.8 Å². The highest BCUT2D eigenvalue weighted by Crippen LogP contribution is 2.23. The second-order valence-electron chi connectivity index (χ2n) is 3.79. The number of carbonyl (C=O) groups excluding carboxylic acids is 1. The summed E-state index contributed by atoms with van der Waals surface area (Å²) in [5.74, 6) is -1.08. The Balaban J connectivity index is 2.04. The molecular weight excluding hydrogens is 334 g/mol. The van der Waals surface area contributed by atoms with E-state index in [1.165, 1.54) is 0 Å². The van der Waals surface area contributed by atoms with Gasteiger partial charge in [0, 0.05) is 14.9 Å². The normalized spacial score (nSPS) is 10.5. The molecule has 0 aromatic heterocycles. The zero-order valence-electron chi connectivity index (χ0n) is 9.70. The SMILES string of the molecule is O=C(CSc1cc(F)ccc1F)c1ccc(Br)cc1. The number of carbonyl (C=O) groups is 1. The maximum Gasteiger partial charge on any atom is 0.173 e. The third kappa shape index (κ3) is 3.88. The number of thioether (sulfide) groups is 1. The van der Waals surface area contributed by atoms with Crippen molar-refractivity contribution in [1.82, 2.24) is 0 Å². The minimum absolute atomic E-state index is 0.0714. The van der Waals surface area contributed by atoms with Crippen LogP contribution >= 0.6 is 27.7 Å². The van der Waals surface area contributed by atoms with Gasteiger partial charge >= 0.3 is 0 Å². The van der Waals surface area contributed by atoms with Crippen molar-refractivity contribution in [2.75, 3.05) is 5.75 Å². The van der Waals surface area contributed by atoms with Crippen LogP contribution in [-0.4, -0.2) is 11.5 Å². The average molecular weight is 343 g/mol. The number of halogens is 3. The number of Topliss-reactive ketones (excluding diaryl/α,β-unsaturated/α-hetero) is 1. The highest BCUT2D eigenvalue weighted by Gasteiger charge is 2.10. The third-order valence-corrected chi connectivity index (χ3v) is 3.98. The largest absolute Gasteiger partial charge is 0.293 e. The maximum absolute atomic E-state index is 13.4. The molecule has 0 atom stereocenters. The molecular formula is C14H9BrF2OS. The van der Waals surface area contributed by atoms with Gasteiger partial charge in [-0.25, -0.2) is 8.78 Å². The molecule has 0 aliphatic heterocycles. The van der Waals surface area contributed by atoms with Crippen molar-refractivity contribution in [3.8, 4) is 0 Å².